The van der Waals surface area contributed by atoms with Crippen LogP contribution in [-0.4, -0.2) is 5.78 Å². The third-order valence-electron chi connectivity index (χ3n) is 4.16. The zero-order valence-corrected chi connectivity index (χ0v) is 13.2. The number of fused-ring (bicyclic) bond motifs is 1. The van der Waals surface area contributed by atoms with Crippen molar-refractivity contribution in [3.63, 3.8) is 0 Å². The van der Waals surface area contributed by atoms with Crippen molar-refractivity contribution in [2.24, 2.45) is 0 Å². The van der Waals surface area contributed by atoms with E-state index in [4.69, 9.17) is 4.42 Å². The minimum Gasteiger partial charge on any atom is -0.422 e. The second-order valence-electron chi connectivity index (χ2n) is 5.79. The number of rotatable bonds is 4. The molecule has 0 N–H and O–H groups in total. The molecule has 0 spiro atoms. The molecule has 1 unspecified atom stereocenters. The van der Waals surface area contributed by atoms with Crippen LogP contribution in [0.25, 0.3) is 11.0 Å². The fraction of sp³-hybridized carbons (Fsp3) is 0.200. The van der Waals surface area contributed by atoms with Crippen molar-refractivity contribution in [3.05, 3.63) is 81.7 Å². The van der Waals surface area contributed by atoms with E-state index in [9.17, 15) is 9.59 Å². The third kappa shape index (κ3) is 2.95. The lowest BCUT2D eigenvalue weighted by molar-refractivity contribution is -0.117. The first-order valence-corrected chi connectivity index (χ1v) is 7.64. The van der Waals surface area contributed by atoms with Gasteiger partial charge in [0.2, 0.25) is 0 Å². The Morgan fingerprint density at radius 3 is 2.39 bits per heavy atom. The van der Waals surface area contributed by atoms with Crippen LogP contribution >= 0.6 is 0 Å². The summed E-state index contributed by atoms with van der Waals surface area (Å²) < 4.78 is 5.49. The maximum absolute atomic E-state index is 12.6. The van der Waals surface area contributed by atoms with E-state index in [1.807, 2.05) is 55.5 Å². The molecule has 1 aromatic heterocycles. The molecular formula is C20H18O3. The van der Waals surface area contributed by atoms with Gasteiger partial charge in [0.15, 0.2) is 0 Å². The fourth-order valence-electron chi connectivity index (χ4n) is 3.08. The quantitative estimate of drug-likeness (QED) is 0.678. The van der Waals surface area contributed by atoms with Crippen molar-refractivity contribution < 1.29 is 9.21 Å². The highest BCUT2D eigenvalue weighted by Gasteiger charge is 2.23. The number of carbonyl (C=O) groups is 1. The zero-order chi connectivity index (χ0) is 16.4. The first-order chi connectivity index (χ1) is 11.1. The van der Waals surface area contributed by atoms with Crippen LogP contribution in [0.2, 0.25) is 0 Å². The van der Waals surface area contributed by atoms with Crippen LogP contribution in [0.4, 0.5) is 0 Å². The van der Waals surface area contributed by atoms with Crippen molar-refractivity contribution in [3.8, 4) is 0 Å². The number of Topliss-reactive ketones (excluding diaryl/α,β-unsaturated/α-hetero) is 1. The van der Waals surface area contributed by atoms with E-state index in [1.54, 1.807) is 13.0 Å². The van der Waals surface area contributed by atoms with Gasteiger partial charge in [-0.25, -0.2) is 4.79 Å². The number of para-hydroxylation sites is 1. The van der Waals surface area contributed by atoms with Crippen LogP contribution in [0.5, 0.6) is 0 Å². The Morgan fingerprint density at radius 1 is 1.04 bits per heavy atom. The first kappa shape index (κ1) is 15.2. The van der Waals surface area contributed by atoms with E-state index < -0.39 is 0 Å². The molecular weight excluding hydrogens is 288 g/mol. The normalized spacial score (nSPS) is 12.3. The highest BCUT2D eigenvalue weighted by atomic mass is 16.4. The van der Waals surface area contributed by atoms with Gasteiger partial charge in [-0.3, -0.25) is 4.79 Å². The molecule has 3 heteroatoms. The van der Waals surface area contributed by atoms with Crippen molar-refractivity contribution in [2.75, 3.05) is 0 Å². The summed E-state index contributed by atoms with van der Waals surface area (Å²) in [5, 5.41) is 0.909. The molecule has 3 nitrogen and oxygen atoms in total. The lowest BCUT2D eigenvalue weighted by atomic mass is 9.85. The number of hydrogen-bond donors (Lipinski definition) is 0. The smallest absolute Gasteiger partial charge is 0.340 e. The summed E-state index contributed by atoms with van der Waals surface area (Å²) in [6.07, 6.45) is 0.286. The molecule has 0 radical (unpaired) electrons. The lowest BCUT2D eigenvalue weighted by Crippen LogP contribution is -2.18. The second kappa shape index (κ2) is 6.21. The largest absolute Gasteiger partial charge is 0.422 e. The average molecular weight is 306 g/mol. The van der Waals surface area contributed by atoms with Gasteiger partial charge in [0.25, 0.3) is 0 Å². The number of benzene rings is 2. The molecule has 0 aliphatic carbocycles. The van der Waals surface area contributed by atoms with Crippen LogP contribution < -0.4 is 5.63 Å². The summed E-state index contributed by atoms with van der Waals surface area (Å²) in [5.74, 6) is -0.236. The Morgan fingerprint density at radius 2 is 1.70 bits per heavy atom. The average Bonchev–Trinajstić information content (AvgIpc) is 2.54. The van der Waals surface area contributed by atoms with E-state index in [0.29, 0.717) is 11.1 Å². The number of ketones is 1. The molecule has 3 rings (SSSR count). The van der Waals surface area contributed by atoms with Crippen molar-refractivity contribution in [2.45, 2.75) is 26.2 Å². The maximum atomic E-state index is 12.6. The van der Waals surface area contributed by atoms with E-state index in [0.717, 1.165) is 16.5 Å². The first-order valence-electron chi connectivity index (χ1n) is 7.64. The molecule has 1 heterocycles. The van der Waals surface area contributed by atoms with Gasteiger partial charge in [-0.1, -0.05) is 48.5 Å². The lowest BCUT2D eigenvalue weighted by Gasteiger charge is -2.18. The number of aryl methyl sites for hydroxylation is 1. The molecule has 0 bridgehead atoms. The topological polar surface area (TPSA) is 47.3 Å². The Kier molecular flexibility index (Phi) is 4.11. The maximum Gasteiger partial charge on any atom is 0.340 e. The molecule has 3 aromatic rings. The van der Waals surface area contributed by atoms with Gasteiger partial charge in [-0.05, 0) is 31.0 Å². The van der Waals surface area contributed by atoms with Crippen LogP contribution in [0.15, 0.2) is 63.8 Å². The Bertz CT molecular complexity index is 907. The predicted molar refractivity (Wildman–Crippen MR) is 90.8 cm³/mol. The molecule has 0 aliphatic rings. The van der Waals surface area contributed by atoms with Gasteiger partial charge in [0.1, 0.15) is 11.4 Å². The van der Waals surface area contributed by atoms with Gasteiger partial charge in [0.05, 0.1) is 0 Å². The second-order valence-corrected chi connectivity index (χ2v) is 5.79. The minimum atomic E-state index is -0.365. The predicted octanol–water partition coefficient (Wildman–Crippen LogP) is 4.21. The Labute approximate surface area is 134 Å². The van der Waals surface area contributed by atoms with Crippen molar-refractivity contribution in [1.29, 1.82) is 0 Å². The van der Waals surface area contributed by atoms with E-state index in [2.05, 4.69) is 0 Å². The highest BCUT2D eigenvalue weighted by molar-refractivity contribution is 5.82. The van der Waals surface area contributed by atoms with E-state index in [-0.39, 0.29) is 23.7 Å². The van der Waals surface area contributed by atoms with E-state index >= 15 is 0 Å². The summed E-state index contributed by atoms with van der Waals surface area (Å²) >= 11 is 0. The van der Waals surface area contributed by atoms with Crippen LogP contribution in [-0.2, 0) is 4.79 Å². The molecule has 0 saturated carbocycles. The molecule has 0 aliphatic heterocycles. The zero-order valence-electron chi connectivity index (χ0n) is 13.2. The minimum absolute atomic E-state index is 0.0470. The number of hydrogen-bond acceptors (Lipinski definition) is 3. The van der Waals surface area contributed by atoms with Crippen LogP contribution in [0.1, 0.15) is 36.0 Å². The van der Waals surface area contributed by atoms with Gasteiger partial charge in [0, 0.05) is 23.3 Å². The van der Waals surface area contributed by atoms with Gasteiger partial charge < -0.3 is 4.42 Å². The monoisotopic (exact) mass is 306 g/mol. The Hall–Kier alpha value is -2.68. The van der Waals surface area contributed by atoms with Crippen molar-refractivity contribution in [1.82, 2.24) is 0 Å². The molecule has 23 heavy (non-hydrogen) atoms. The summed E-state index contributed by atoms with van der Waals surface area (Å²) in [5.41, 5.74) is 2.62. The van der Waals surface area contributed by atoms with Gasteiger partial charge >= 0.3 is 5.63 Å². The molecule has 116 valence electrons. The highest BCUT2D eigenvalue weighted by Crippen LogP contribution is 2.31. The molecule has 2 aromatic carbocycles. The Balaban J connectivity index is 2.26. The van der Waals surface area contributed by atoms with Crippen LogP contribution in [0.3, 0.4) is 0 Å². The standard InChI is InChI=1S/C20H18O3/c1-13(21)12-17(15-8-4-3-5-9-15)19-14(2)16-10-6-7-11-18(16)23-20(19)22/h3-11,17H,12H2,1-2H3. The molecule has 0 amide bonds. The summed E-state index contributed by atoms with van der Waals surface area (Å²) in [6.45, 7) is 3.47. The summed E-state index contributed by atoms with van der Waals surface area (Å²) in [7, 11) is 0. The fourth-order valence-corrected chi connectivity index (χ4v) is 3.08. The van der Waals surface area contributed by atoms with E-state index in [1.165, 1.54) is 0 Å². The number of carbonyl (C=O) groups excluding carboxylic acids is 1. The van der Waals surface area contributed by atoms with Gasteiger partial charge in [-0.2, -0.15) is 0 Å². The van der Waals surface area contributed by atoms with Crippen LogP contribution in [0, 0.1) is 6.92 Å². The summed E-state index contributed by atoms with van der Waals surface area (Å²) in [4.78, 5) is 24.3. The SMILES string of the molecule is CC(=O)CC(c1ccccc1)c1c(C)c2ccccc2oc1=O. The van der Waals surface area contributed by atoms with Gasteiger partial charge in [-0.15, -0.1) is 0 Å². The third-order valence-corrected chi connectivity index (χ3v) is 4.16. The summed E-state index contributed by atoms with van der Waals surface area (Å²) in [6, 6.07) is 17.1. The molecule has 0 saturated heterocycles. The van der Waals surface area contributed by atoms with Crippen molar-refractivity contribution >= 4 is 16.8 Å². The molecule has 1 atom stereocenters. The molecule has 0 fully saturated rings.